The second-order valence-electron chi connectivity index (χ2n) is 8.17. The third-order valence-electron chi connectivity index (χ3n) is 5.85. The highest BCUT2D eigenvalue weighted by molar-refractivity contribution is 7.18. The Kier molecular flexibility index (Phi) is 6.37. The lowest BCUT2D eigenvalue weighted by molar-refractivity contribution is 0.0740. The van der Waals surface area contributed by atoms with Gasteiger partial charge in [-0.15, -0.1) is 11.3 Å². The first-order chi connectivity index (χ1) is 16.6. The molecule has 2 N–H and O–H groups in total. The molecule has 0 bridgehead atoms. The van der Waals surface area contributed by atoms with Gasteiger partial charge >= 0.3 is 0 Å². The lowest BCUT2D eigenvalue weighted by atomic mass is 10.1. The van der Waals surface area contributed by atoms with E-state index in [4.69, 9.17) is 10.1 Å². The Morgan fingerprint density at radius 2 is 1.85 bits per heavy atom. The van der Waals surface area contributed by atoms with E-state index in [1.165, 1.54) is 4.88 Å². The van der Waals surface area contributed by atoms with E-state index in [-0.39, 0.29) is 12.5 Å². The number of pyridine rings is 1. The van der Waals surface area contributed by atoms with Crippen molar-refractivity contribution in [2.45, 2.75) is 6.92 Å². The van der Waals surface area contributed by atoms with Crippen LogP contribution in [-0.2, 0) is 0 Å². The summed E-state index contributed by atoms with van der Waals surface area (Å²) in [4.78, 5) is 33.0. The summed E-state index contributed by atoms with van der Waals surface area (Å²) in [5.74, 6) is 1.33. The number of amides is 1. The molecule has 1 aliphatic heterocycles. The Bertz CT molecular complexity index is 1280. The number of hydrogen-bond acceptors (Lipinski definition) is 8. The molecule has 174 valence electrons. The molecule has 3 aromatic heterocycles. The highest BCUT2D eigenvalue weighted by atomic mass is 32.1. The molecule has 0 spiro atoms. The Morgan fingerprint density at radius 3 is 2.56 bits per heavy atom. The van der Waals surface area contributed by atoms with E-state index in [1.807, 2.05) is 41.3 Å². The summed E-state index contributed by atoms with van der Waals surface area (Å²) in [6.07, 6.45) is 1.76. The van der Waals surface area contributed by atoms with Gasteiger partial charge in [0.1, 0.15) is 16.3 Å². The molecule has 1 fully saturated rings. The van der Waals surface area contributed by atoms with E-state index in [2.05, 4.69) is 33.2 Å². The first-order valence-electron chi connectivity index (χ1n) is 11.3. The molecule has 0 aliphatic carbocycles. The zero-order valence-electron chi connectivity index (χ0n) is 18.9. The lowest BCUT2D eigenvalue weighted by Crippen LogP contribution is -2.49. The molecule has 0 saturated carbocycles. The number of benzene rings is 1. The van der Waals surface area contributed by atoms with Crippen LogP contribution in [0, 0.1) is 6.92 Å². The normalized spacial score (nSPS) is 13.9. The van der Waals surface area contributed by atoms with Gasteiger partial charge in [0.25, 0.3) is 5.91 Å². The van der Waals surface area contributed by atoms with Crippen LogP contribution in [0.25, 0.3) is 21.3 Å². The molecular formula is C25H26N6O2S. The number of thiophene rings is 1. The van der Waals surface area contributed by atoms with Gasteiger partial charge < -0.3 is 20.2 Å². The molecule has 1 amide bonds. The van der Waals surface area contributed by atoms with E-state index in [1.54, 1.807) is 23.6 Å². The maximum Gasteiger partial charge on any atom is 0.272 e. The zero-order chi connectivity index (χ0) is 23.5. The number of aromatic nitrogens is 3. The van der Waals surface area contributed by atoms with Crippen LogP contribution in [0.5, 0.6) is 0 Å². The van der Waals surface area contributed by atoms with Crippen LogP contribution >= 0.6 is 11.3 Å². The third-order valence-corrected chi connectivity index (χ3v) is 6.79. The van der Waals surface area contributed by atoms with Gasteiger partial charge in [0, 0.05) is 49.4 Å². The summed E-state index contributed by atoms with van der Waals surface area (Å²) in [5, 5.41) is 13.2. The maximum atomic E-state index is 13.1. The minimum atomic E-state index is -0.0521. The van der Waals surface area contributed by atoms with Crippen LogP contribution in [0.15, 0.2) is 54.7 Å². The second kappa shape index (κ2) is 9.74. The van der Waals surface area contributed by atoms with Gasteiger partial charge in [-0.25, -0.2) is 4.98 Å². The van der Waals surface area contributed by atoms with E-state index < -0.39 is 0 Å². The highest BCUT2D eigenvalue weighted by Gasteiger charge is 2.25. The van der Waals surface area contributed by atoms with Gasteiger partial charge in [-0.2, -0.15) is 4.98 Å². The molecular weight excluding hydrogens is 448 g/mol. The number of piperazine rings is 1. The van der Waals surface area contributed by atoms with Gasteiger partial charge in [-0.05, 0) is 24.6 Å². The predicted molar refractivity (Wildman–Crippen MR) is 136 cm³/mol. The van der Waals surface area contributed by atoms with Crippen LogP contribution in [-0.4, -0.2) is 70.2 Å². The number of carbonyl (C=O) groups excluding carboxylic acids is 1. The van der Waals surface area contributed by atoms with E-state index in [0.29, 0.717) is 44.4 Å². The number of rotatable bonds is 6. The Morgan fingerprint density at radius 1 is 1.06 bits per heavy atom. The van der Waals surface area contributed by atoms with Crippen molar-refractivity contribution in [1.29, 1.82) is 0 Å². The van der Waals surface area contributed by atoms with Crippen molar-refractivity contribution >= 4 is 39.2 Å². The molecule has 9 heteroatoms. The standard InChI is InChI=1S/C25H26N6O2S/c1-17-15-20-22(28-25(26-9-14-32)29-23(20)34-17)30-10-12-31(13-11-30)24(33)21-8-7-19(16-27-21)18-5-3-2-4-6-18/h2-8,15-16,32H,9-14H2,1H3,(H,26,28,29). The molecule has 0 unspecified atom stereocenters. The number of fused-ring (bicyclic) bond motifs is 1. The molecule has 4 heterocycles. The summed E-state index contributed by atoms with van der Waals surface area (Å²) < 4.78 is 0. The average Bonchev–Trinajstić information content (AvgIpc) is 3.27. The van der Waals surface area contributed by atoms with Crippen molar-refractivity contribution in [3.8, 4) is 11.1 Å². The number of aryl methyl sites for hydroxylation is 1. The lowest BCUT2D eigenvalue weighted by Gasteiger charge is -2.35. The van der Waals surface area contributed by atoms with E-state index in [0.717, 1.165) is 27.2 Å². The van der Waals surface area contributed by atoms with Crippen molar-refractivity contribution in [1.82, 2.24) is 19.9 Å². The molecule has 8 nitrogen and oxygen atoms in total. The fourth-order valence-corrected chi connectivity index (χ4v) is 4.99. The largest absolute Gasteiger partial charge is 0.395 e. The number of aliphatic hydroxyl groups excluding tert-OH is 1. The smallest absolute Gasteiger partial charge is 0.272 e. The zero-order valence-corrected chi connectivity index (χ0v) is 19.8. The molecule has 4 aromatic rings. The van der Waals surface area contributed by atoms with Crippen molar-refractivity contribution < 1.29 is 9.90 Å². The van der Waals surface area contributed by atoms with E-state index >= 15 is 0 Å². The highest BCUT2D eigenvalue weighted by Crippen LogP contribution is 2.32. The average molecular weight is 475 g/mol. The van der Waals surface area contributed by atoms with Crippen molar-refractivity contribution in [2.75, 3.05) is 49.5 Å². The van der Waals surface area contributed by atoms with Crippen molar-refractivity contribution in [3.63, 3.8) is 0 Å². The fourth-order valence-electron chi connectivity index (χ4n) is 4.12. The molecule has 34 heavy (non-hydrogen) atoms. The monoisotopic (exact) mass is 474 g/mol. The van der Waals surface area contributed by atoms with Crippen molar-refractivity contribution in [3.05, 3.63) is 65.3 Å². The number of hydrogen-bond donors (Lipinski definition) is 2. The summed E-state index contributed by atoms with van der Waals surface area (Å²) in [7, 11) is 0. The Labute approximate surface area is 201 Å². The van der Waals surface area contributed by atoms with Crippen LogP contribution < -0.4 is 10.2 Å². The minimum Gasteiger partial charge on any atom is -0.395 e. The summed E-state index contributed by atoms with van der Waals surface area (Å²) >= 11 is 1.63. The maximum absolute atomic E-state index is 13.1. The minimum absolute atomic E-state index is 0.0152. The third kappa shape index (κ3) is 4.57. The summed E-state index contributed by atoms with van der Waals surface area (Å²) in [6.45, 7) is 5.01. The van der Waals surface area contributed by atoms with Crippen molar-refractivity contribution in [2.24, 2.45) is 0 Å². The fraction of sp³-hybridized carbons (Fsp3) is 0.280. The number of nitrogens with one attached hydrogen (secondary N) is 1. The van der Waals surface area contributed by atoms with Gasteiger partial charge in [0.15, 0.2) is 0 Å². The quantitative estimate of drug-likeness (QED) is 0.442. The molecule has 0 atom stereocenters. The number of aliphatic hydroxyl groups is 1. The Balaban J connectivity index is 1.29. The first kappa shape index (κ1) is 22.2. The molecule has 1 saturated heterocycles. The van der Waals surface area contributed by atoms with Gasteiger partial charge in [-0.3, -0.25) is 9.78 Å². The van der Waals surface area contributed by atoms with Gasteiger partial charge in [0.05, 0.1) is 12.0 Å². The van der Waals surface area contributed by atoms with Crippen LogP contribution in [0.3, 0.4) is 0 Å². The Hall–Kier alpha value is -3.56. The van der Waals surface area contributed by atoms with Crippen LogP contribution in [0.4, 0.5) is 11.8 Å². The molecule has 0 radical (unpaired) electrons. The second-order valence-corrected chi connectivity index (χ2v) is 9.41. The van der Waals surface area contributed by atoms with Gasteiger partial charge in [0.2, 0.25) is 5.95 Å². The SMILES string of the molecule is Cc1cc2c(N3CCN(C(=O)c4ccc(-c5ccccc5)cn4)CC3)nc(NCCO)nc2s1. The first-order valence-corrected chi connectivity index (χ1v) is 12.1. The number of nitrogens with zero attached hydrogens (tertiary/aromatic N) is 5. The molecule has 1 aliphatic rings. The summed E-state index contributed by atoms with van der Waals surface area (Å²) in [5.41, 5.74) is 2.53. The number of carbonyl (C=O) groups is 1. The molecule has 5 rings (SSSR count). The molecule has 1 aromatic carbocycles. The topological polar surface area (TPSA) is 94.5 Å². The summed E-state index contributed by atoms with van der Waals surface area (Å²) in [6, 6.07) is 15.9. The van der Waals surface area contributed by atoms with Gasteiger partial charge in [-0.1, -0.05) is 36.4 Å². The number of anilines is 2. The van der Waals surface area contributed by atoms with Crippen LogP contribution in [0.2, 0.25) is 0 Å². The van der Waals surface area contributed by atoms with Crippen LogP contribution in [0.1, 0.15) is 15.4 Å². The van der Waals surface area contributed by atoms with E-state index in [9.17, 15) is 4.79 Å². The predicted octanol–water partition coefficient (Wildman–Crippen LogP) is 3.43.